The molecule has 0 heterocycles. The van der Waals surface area contributed by atoms with Crippen LogP contribution in [0.4, 0.5) is 5.69 Å². The summed E-state index contributed by atoms with van der Waals surface area (Å²) in [5, 5.41) is 2.35. The summed E-state index contributed by atoms with van der Waals surface area (Å²) in [7, 11) is 0. The molecular weight excluding hydrogens is 190 g/mol. The SMILES string of the molecule is CCc1ccc(N)c2cc(S)ccc12. The van der Waals surface area contributed by atoms with E-state index in [1.54, 1.807) is 0 Å². The number of nitrogens with two attached hydrogens (primary N) is 1. The van der Waals surface area contributed by atoms with E-state index in [0.29, 0.717) is 0 Å². The monoisotopic (exact) mass is 203 g/mol. The molecule has 0 atom stereocenters. The molecule has 0 aliphatic carbocycles. The lowest BCUT2D eigenvalue weighted by atomic mass is 10.0. The van der Waals surface area contributed by atoms with Gasteiger partial charge in [0.1, 0.15) is 0 Å². The van der Waals surface area contributed by atoms with E-state index in [1.165, 1.54) is 10.9 Å². The number of rotatable bonds is 1. The molecule has 0 saturated heterocycles. The summed E-state index contributed by atoms with van der Waals surface area (Å²) in [5.74, 6) is 0. The molecule has 2 N–H and O–H groups in total. The van der Waals surface area contributed by atoms with Gasteiger partial charge in [-0.25, -0.2) is 0 Å². The van der Waals surface area contributed by atoms with Gasteiger partial charge in [0.15, 0.2) is 0 Å². The number of benzene rings is 2. The highest BCUT2D eigenvalue weighted by molar-refractivity contribution is 7.80. The summed E-state index contributed by atoms with van der Waals surface area (Å²) >= 11 is 4.32. The zero-order chi connectivity index (χ0) is 10.1. The van der Waals surface area contributed by atoms with Crippen molar-refractivity contribution < 1.29 is 0 Å². The molecule has 0 amide bonds. The van der Waals surface area contributed by atoms with E-state index in [1.807, 2.05) is 18.2 Å². The fourth-order valence-corrected chi connectivity index (χ4v) is 1.93. The molecule has 0 aliphatic heterocycles. The van der Waals surface area contributed by atoms with Crippen LogP contribution < -0.4 is 5.73 Å². The molecule has 72 valence electrons. The molecule has 2 aromatic rings. The molecule has 0 fully saturated rings. The van der Waals surface area contributed by atoms with Crippen LogP contribution in [-0.4, -0.2) is 0 Å². The molecule has 0 spiro atoms. The topological polar surface area (TPSA) is 26.0 Å². The van der Waals surface area contributed by atoms with Gasteiger partial charge in [0.05, 0.1) is 0 Å². The highest BCUT2D eigenvalue weighted by atomic mass is 32.1. The van der Waals surface area contributed by atoms with E-state index in [2.05, 4.69) is 31.7 Å². The Morgan fingerprint density at radius 2 is 1.93 bits per heavy atom. The van der Waals surface area contributed by atoms with Crippen molar-refractivity contribution in [2.45, 2.75) is 18.2 Å². The molecule has 2 rings (SSSR count). The molecular formula is C12H13NS. The van der Waals surface area contributed by atoms with Crippen LogP contribution in [0.15, 0.2) is 35.2 Å². The van der Waals surface area contributed by atoms with Crippen molar-refractivity contribution in [1.29, 1.82) is 0 Å². The van der Waals surface area contributed by atoms with Gasteiger partial charge in [-0.3, -0.25) is 0 Å². The van der Waals surface area contributed by atoms with Crippen molar-refractivity contribution >= 4 is 29.1 Å². The quantitative estimate of drug-likeness (QED) is 0.540. The van der Waals surface area contributed by atoms with Crippen LogP contribution in [0, 0.1) is 0 Å². The average molecular weight is 203 g/mol. The van der Waals surface area contributed by atoms with Crippen LogP contribution in [0.2, 0.25) is 0 Å². The van der Waals surface area contributed by atoms with Crippen molar-refractivity contribution in [2.75, 3.05) is 5.73 Å². The molecule has 14 heavy (non-hydrogen) atoms. The van der Waals surface area contributed by atoms with Gasteiger partial charge in [-0.15, -0.1) is 12.6 Å². The minimum atomic E-state index is 0.827. The third-order valence-electron chi connectivity index (χ3n) is 2.51. The second-order valence-corrected chi connectivity index (χ2v) is 3.91. The van der Waals surface area contributed by atoms with Crippen LogP contribution in [0.1, 0.15) is 12.5 Å². The molecule has 0 unspecified atom stereocenters. The van der Waals surface area contributed by atoms with E-state index in [9.17, 15) is 0 Å². The molecule has 1 nitrogen and oxygen atoms in total. The molecule has 0 bridgehead atoms. The van der Waals surface area contributed by atoms with Gasteiger partial charge in [0, 0.05) is 16.0 Å². The standard InChI is InChI=1S/C12H13NS/c1-2-8-3-6-12(13)11-7-9(14)4-5-10(8)11/h3-7,14H,2,13H2,1H3. The maximum atomic E-state index is 5.91. The first-order chi connectivity index (χ1) is 6.72. The predicted octanol–water partition coefficient (Wildman–Crippen LogP) is 3.27. The summed E-state index contributed by atoms with van der Waals surface area (Å²) in [6.07, 6.45) is 1.03. The van der Waals surface area contributed by atoms with E-state index >= 15 is 0 Å². The Morgan fingerprint density at radius 1 is 1.14 bits per heavy atom. The highest BCUT2D eigenvalue weighted by Gasteiger charge is 2.02. The third kappa shape index (κ3) is 1.46. The van der Waals surface area contributed by atoms with E-state index in [0.717, 1.165) is 22.4 Å². The Morgan fingerprint density at radius 3 is 2.64 bits per heavy atom. The van der Waals surface area contributed by atoms with Crippen molar-refractivity contribution in [3.05, 3.63) is 35.9 Å². The normalized spacial score (nSPS) is 10.7. The number of anilines is 1. The molecule has 0 saturated carbocycles. The largest absolute Gasteiger partial charge is 0.398 e. The van der Waals surface area contributed by atoms with E-state index in [-0.39, 0.29) is 0 Å². The van der Waals surface area contributed by atoms with Crippen molar-refractivity contribution in [1.82, 2.24) is 0 Å². The fourth-order valence-electron chi connectivity index (χ4n) is 1.73. The summed E-state index contributed by atoms with van der Waals surface area (Å²) in [6, 6.07) is 10.2. The van der Waals surface area contributed by atoms with Gasteiger partial charge in [-0.1, -0.05) is 19.1 Å². The summed E-state index contributed by atoms with van der Waals surface area (Å²) in [4.78, 5) is 0.956. The van der Waals surface area contributed by atoms with Crippen molar-refractivity contribution in [3.8, 4) is 0 Å². The van der Waals surface area contributed by atoms with Gasteiger partial charge in [-0.2, -0.15) is 0 Å². The highest BCUT2D eigenvalue weighted by Crippen LogP contribution is 2.27. The minimum absolute atomic E-state index is 0.827. The summed E-state index contributed by atoms with van der Waals surface area (Å²) in [5.41, 5.74) is 8.08. The lowest BCUT2D eigenvalue weighted by Crippen LogP contribution is -1.90. The first kappa shape index (κ1) is 9.41. The predicted molar refractivity (Wildman–Crippen MR) is 65.0 cm³/mol. The summed E-state index contributed by atoms with van der Waals surface area (Å²) < 4.78 is 0. The van der Waals surface area contributed by atoms with Gasteiger partial charge in [-0.05, 0) is 35.6 Å². The maximum Gasteiger partial charge on any atom is 0.0394 e. The first-order valence-corrected chi connectivity index (χ1v) is 5.17. The molecule has 0 aliphatic rings. The molecule has 0 aromatic heterocycles. The van der Waals surface area contributed by atoms with Crippen LogP contribution >= 0.6 is 12.6 Å². The number of nitrogen functional groups attached to an aromatic ring is 1. The summed E-state index contributed by atoms with van der Waals surface area (Å²) in [6.45, 7) is 2.15. The lowest BCUT2D eigenvalue weighted by Gasteiger charge is -2.07. The smallest absolute Gasteiger partial charge is 0.0394 e. The van der Waals surface area contributed by atoms with Crippen LogP contribution in [0.25, 0.3) is 10.8 Å². The number of hydrogen-bond acceptors (Lipinski definition) is 2. The Kier molecular flexibility index (Phi) is 2.38. The van der Waals surface area contributed by atoms with Gasteiger partial charge in [0.2, 0.25) is 0 Å². The Labute approximate surface area is 89.3 Å². The van der Waals surface area contributed by atoms with Crippen LogP contribution in [-0.2, 0) is 6.42 Å². The molecule has 0 radical (unpaired) electrons. The Bertz CT molecular complexity index is 477. The van der Waals surface area contributed by atoms with E-state index in [4.69, 9.17) is 5.73 Å². The fraction of sp³-hybridized carbons (Fsp3) is 0.167. The maximum absolute atomic E-state index is 5.91. The first-order valence-electron chi connectivity index (χ1n) is 4.72. The third-order valence-corrected chi connectivity index (χ3v) is 2.78. The molecule has 2 aromatic carbocycles. The van der Waals surface area contributed by atoms with Crippen LogP contribution in [0.3, 0.4) is 0 Å². The van der Waals surface area contributed by atoms with E-state index < -0.39 is 0 Å². The second kappa shape index (κ2) is 3.54. The number of fused-ring (bicyclic) bond motifs is 1. The van der Waals surface area contributed by atoms with Gasteiger partial charge < -0.3 is 5.73 Å². The Hall–Kier alpha value is -1.15. The second-order valence-electron chi connectivity index (χ2n) is 3.40. The number of hydrogen-bond donors (Lipinski definition) is 2. The van der Waals surface area contributed by atoms with Crippen molar-refractivity contribution in [3.63, 3.8) is 0 Å². The van der Waals surface area contributed by atoms with Gasteiger partial charge in [0.25, 0.3) is 0 Å². The Balaban J connectivity index is 2.84. The number of thiol groups is 1. The zero-order valence-electron chi connectivity index (χ0n) is 8.12. The lowest BCUT2D eigenvalue weighted by molar-refractivity contribution is 1.16. The van der Waals surface area contributed by atoms with Crippen molar-refractivity contribution in [2.24, 2.45) is 0 Å². The number of aryl methyl sites for hydroxylation is 1. The van der Waals surface area contributed by atoms with Crippen LogP contribution in [0.5, 0.6) is 0 Å². The molecule has 2 heteroatoms. The minimum Gasteiger partial charge on any atom is -0.398 e. The zero-order valence-corrected chi connectivity index (χ0v) is 9.01. The average Bonchev–Trinajstić information content (AvgIpc) is 2.19. The van der Waals surface area contributed by atoms with Gasteiger partial charge >= 0.3 is 0 Å².